The van der Waals surface area contributed by atoms with Gasteiger partial charge in [-0.05, 0) is 19.4 Å². The molecule has 0 radical (unpaired) electrons. The number of para-hydroxylation sites is 1. The minimum Gasteiger partial charge on any atom is -0.461 e. The molecule has 23 heavy (non-hydrogen) atoms. The van der Waals surface area contributed by atoms with Gasteiger partial charge in [0.25, 0.3) is 0 Å². The first-order valence-corrected chi connectivity index (χ1v) is 8.37. The van der Waals surface area contributed by atoms with Crippen molar-refractivity contribution in [2.24, 2.45) is 0 Å². The van der Waals surface area contributed by atoms with Crippen LogP contribution in [0.2, 0.25) is 0 Å². The van der Waals surface area contributed by atoms with Crippen molar-refractivity contribution in [1.82, 2.24) is 20.1 Å². The van der Waals surface area contributed by atoms with Crippen LogP contribution >= 0.6 is 0 Å². The van der Waals surface area contributed by atoms with E-state index < -0.39 is 0 Å². The van der Waals surface area contributed by atoms with E-state index in [9.17, 15) is 0 Å². The fourth-order valence-corrected chi connectivity index (χ4v) is 3.48. The second-order valence-corrected chi connectivity index (χ2v) is 6.23. The van der Waals surface area contributed by atoms with Crippen LogP contribution in [0.5, 0.6) is 0 Å². The summed E-state index contributed by atoms with van der Waals surface area (Å²) in [6.45, 7) is 5.84. The van der Waals surface area contributed by atoms with Gasteiger partial charge in [0.15, 0.2) is 0 Å². The van der Waals surface area contributed by atoms with Crippen molar-refractivity contribution in [2.75, 3.05) is 0 Å². The number of hydrogen-bond donors (Lipinski definition) is 1. The summed E-state index contributed by atoms with van der Waals surface area (Å²) in [6.07, 6.45) is 3.02. The average Bonchev–Trinajstić information content (AvgIpc) is 3.11. The number of furan rings is 1. The first-order valence-electron chi connectivity index (χ1n) is 8.37. The molecule has 0 amide bonds. The quantitative estimate of drug-likeness (QED) is 0.805. The first-order chi connectivity index (χ1) is 11.2. The maximum Gasteiger partial charge on any atom is 0.147 e. The number of aryl methyl sites for hydroxylation is 3. The van der Waals surface area contributed by atoms with E-state index in [2.05, 4.69) is 34.5 Å². The number of rotatable bonds is 4. The maximum absolute atomic E-state index is 5.98. The van der Waals surface area contributed by atoms with Crippen LogP contribution in [0.4, 0.5) is 0 Å². The summed E-state index contributed by atoms with van der Waals surface area (Å²) in [6, 6.07) is 8.73. The van der Waals surface area contributed by atoms with Crippen LogP contribution in [0.1, 0.15) is 36.3 Å². The molecule has 0 saturated carbocycles. The molecule has 1 aromatic carbocycles. The van der Waals surface area contributed by atoms with E-state index in [1.54, 1.807) is 0 Å². The second-order valence-electron chi connectivity index (χ2n) is 6.23. The zero-order valence-electron chi connectivity index (χ0n) is 13.7. The Kier molecular flexibility index (Phi) is 3.65. The molecule has 0 fully saturated rings. The normalized spacial score (nSPS) is 17.6. The van der Waals surface area contributed by atoms with E-state index in [4.69, 9.17) is 4.42 Å². The lowest BCUT2D eigenvalue weighted by atomic mass is 10.1. The summed E-state index contributed by atoms with van der Waals surface area (Å²) >= 11 is 0. The standard InChI is InChI=1S/C18H22N4O/c1-3-16-15(14-6-4-5-7-17(14)23-16)10-19-13-8-9-18-20-12(2)21-22(18)11-13/h4-7,13,19H,3,8-11H2,1-2H3/t13-/m1/s1. The molecule has 4 rings (SSSR count). The highest BCUT2D eigenvalue weighted by Crippen LogP contribution is 2.26. The van der Waals surface area contributed by atoms with E-state index in [0.717, 1.165) is 55.3 Å². The predicted octanol–water partition coefficient (Wildman–Crippen LogP) is 3.00. The molecule has 0 bridgehead atoms. The molecule has 5 heteroatoms. The van der Waals surface area contributed by atoms with Crippen molar-refractivity contribution < 1.29 is 4.42 Å². The summed E-state index contributed by atoms with van der Waals surface area (Å²) < 4.78 is 8.03. The molecule has 3 heterocycles. The molecule has 3 aromatic rings. The highest BCUT2D eigenvalue weighted by atomic mass is 16.3. The van der Waals surface area contributed by atoms with E-state index in [1.165, 1.54) is 10.9 Å². The highest BCUT2D eigenvalue weighted by molar-refractivity contribution is 5.82. The van der Waals surface area contributed by atoms with Crippen LogP contribution in [-0.4, -0.2) is 20.8 Å². The number of aromatic nitrogens is 3. The molecule has 5 nitrogen and oxygen atoms in total. The molecule has 2 aromatic heterocycles. The Hall–Kier alpha value is -2.14. The number of nitrogens with one attached hydrogen (secondary N) is 1. The smallest absolute Gasteiger partial charge is 0.147 e. The van der Waals surface area contributed by atoms with Gasteiger partial charge in [0, 0.05) is 36.4 Å². The van der Waals surface area contributed by atoms with Crippen molar-refractivity contribution in [3.8, 4) is 0 Å². The van der Waals surface area contributed by atoms with Gasteiger partial charge in [0.2, 0.25) is 0 Å². The van der Waals surface area contributed by atoms with Gasteiger partial charge in [-0.25, -0.2) is 9.67 Å². The molecule has 0 spiro atoms. The van der Waals surface area contributed by atoms with Crippen molar-refractivity contribution in [3.63, 3.8) is 0 Å². The average molecular weight is 310 g/mol. The number of hydrogen-bond acceptors (Lipinski definition) is 4. The molecule has 120 valence electrons. The van der Waals surface area contributed by atoms with E-state index >= 15 is 0 Å². The third-order valence-electron chi connectivity index (χ3n) is 4.63. The monoisotopic (exact) mass is 310 g/mol. The molecule has 0 aliphatic carbocycles. The largest absolute Gasteiger partial charge is 0.461 e. The van der Waals surface area contributed by atoms with Gasteiger partial charge >= 0.3 is 0 Å². The van der Waals surface area contributed by atoms with Gasteiger partial charge < -0.3 is 9.73 Å². The van der Waals surface area contributed by atoms with E-state index in [0.29, 0.717) is 6.04 Å². The minimum atomic E-state index is 0.432. The Morgan fingerprint density at radius 2 is 2.22 bits per heavy atom. The molecule has 0 saturated heterocycles. The minimum absolute atomic E-state index is 0.432. The highest BCUT2D eigenvalue weighted by Gasteiger charge is 2.21. The van der Waals surface area contributed by atoms with Crippen LogP contribution < -0.4 is 5.32 Å². The summed E-state index contributed by atoms with van der Waals surface area (Å²) in [4.78, 5) is 4.47. The van der Waals surface area contributed by atoms with Gasteiger partial charge in [-0.1, -0.05) is 25.1 Å². The van der Waals surface area contributed by atoms with Gasteiger partial charge in [-0.15, -0.1) is 0 Å². The molecular formula is C18H22N4O. The molecule has 1 aliphatic rings. The zero-order chi connectivity index (χ0) is 15.8. The first kappa shape index (κ1) is 14.5. The van der Waals surface area contributed by atoms with Crippen LogP contribution in [0, 0.1) is 6.92 Å². The van der Waals surface area contributed by atoms with Gasteiger partial charge in [0.05, 0.1) is 6.54 Å². The maximum atomic E-state index is 5.98. The number of fused-ring (bicyclic) bond motifs is 2. The fourth-order valence-electron chi connectivity index (χ4n) is 3.48. The summed E-state index contributed by atoms with van der Waals surface area (Å²) in [5.41, 5.74) is 2.28. The second kappa shape index (κ2) is 5.81. The number of benzene rings is 1. The Balaban J connectivity index is 1.51. The van der Waals surface area contributed by atoms with Crippen molar-refractivity contribution >= 4 is 11.0 Å². The lowest BCUT2D eigenvalue weighted by molar-refractivity contribution is 0.357. The van der Waals surface area contributed by atoms with Gasteiger partial charge in [-0.3, -0.25) is 0 Å². The summed E-state index contributed by atoms with van der Waals surface area (Å²) in [7, 11) is 0. The Bertz CT molecular complexity index is 833. The van der Waals surface area contributed by atoms with E-state index in [-0.39, 0.29) is 0 Å². The predicted molar refractivity (Wildman–Crippen MR) is 89.3 cm³/mol. The van der Waals surface area contributed by atoms with Crippen molar-refractivity contribution in [3.05, 3.63) is 47.2 Å². The Morgan fingerprint density at radius 1 is 1.35 bits per heavy atom. The van der Waals surface area contributed by atoms with Crippen LogP contribution in [0.25, 0.3) is 11.0 Å². The molecule has 0 unspecified atom stereocenters. The lowest BCUT2D eigenvalue weighted by Crippen LogP contribution is -2.37. The van der Waals surface area contributed by atoms with Crippen LogP contribution in [0.15, 0.2) is 28.7 Å². The van der Waals surface area contributed by atoms with Gasteiger partial charge in [0.1, 0.15) is 23.0 Å². The zero-order valence-corrected chi connectivity index (χ0v) is 13.7. The van der Waals surface area contributed by atoms with E-state index in [1.807, 2.05) is 23.7 Å². The molecule has 1 aliphatic heterocycles. The number of nitrogens with zero attached hydrogens (tertiary/aromatic N) is 3. The van der Waals surface area contributed by atoms with Crippen LogP contribution in [0.3, 0.4) is 0 Å². The SMILES string of the molecule is CCc1oc2ccccc2c1CN[C@@H]1CCc2nc(C)nn2C1. The summed E-state index contributed by atoms with van der Waals surface area (Å²) in [5.74, 6) is 3.07. The van der Waals surface area contributed by atoms with Crippen molar-refractivity contribution in [1.29, 1.82) is 0 Å². The third-order valence-corrected chi connectivity index (χ3v) is 4.63. The Morgan fingerprint density at radius 3 is 3.09 bits per heavy atom. The van der Waals surface area contributed by atoms with Gasteiger partial charge in [-0.2, -0.15) is 5.10 Å². The fraction of sp³-hybridized carbons (Fsp3) is 0.444. The molecule has 1 atom stereocenters. The third kappa shape index (κ3) is 2.65. The van der Waals surface area contributed by atoms with Crippen molar-refractivity contribution in [2.45, 2.75) is 52.2 Å². The molecular weight excluding hydrogens is 288 g/mol. The lowest BCUT2D eigenvalue weighted by Gasteiger charge is -2.23. The van der Waals surface area contributed by atoms with Crippen LogP contribution in [-0.2, 0) is 25.9 Å². The molecule has 1 N–H and O–H groups in total. The Labute approximate surface area is 135 Å². The topological polar surface area (TPSA) is 55.9 Å². The summed E-state index contributed by atoms with van der Waals surface area (Å²) in [5, 5.41) is 9.40.